The van der Waals surface area contributed by atoms with E-state index in [9.17, 15) is 0 Å². The molecule has 1 nitrogen and oxygen atoms in total. The van der Waals surface area contributed by atoms with Gasteiger partial charge in [0, 0.05) is 6.04 Å². The van der Waals surface area contributed by atoms with Crippen molar-refractivity contribution in [3.05, 3.63) is 0 Å². The Bertz CT molecular complexity index is 186. The van der Waals surface area contributed by atoms with Crippen LogP contribution in [0, 0.1) is 23.7 Å². The van der Waals surface area contributed by atoms with E-state index in [4.69, 9.17) is 0 Å². The Morgan fingerprint density at radius 3 is 2.19 bits per heavy atom. The van der Waals surface area contributed by atoms with Crippen LogP contribution >= 0.6 is 0 Å². The maximum Gasteiger partial charge on any atom is 0.00978 e. The lowest BCUT2D eigenvalue weighted by Gasteiger charge is -2.36. The predicted molar refractivity (Wildman–Crippen MR) is 72.6 cm³/mol. The van der Waals surface area contributed by atoms with Crippen LogP contribution in [0.4, 0.5) is 0 Å². The predicted octanol–water partition coefficient (Wildman–Crippen LogP) is 4.08. The zero-order valence-electron chi connectivity index (χ0n) is 11.9. The summed E-state index contributed by atoms with van der Waals surface area (Å²) in [7, 11) is 0. The molecule has 1 aliphatic carbocycles. The van der Waals surface area contributed by atoms with Gasteiger partial charge in [-0.25, -0.2) is 0 Å². The van der Waals surface area contributed by atoms with Gasteiger partial charge in [-0.05, 0) is 43.1 Å². The number of rotatable bonds is 5. The molecule has 1 N–H and O–H groups in total. The molecule has 0 saturated heterocycles. The first-order chi connectivity index (χ1) is 7.52. The first kappa shape index (κ1) is 14.0. The van der Waals surface area contributed by atoms with Crippen molar-refractivity contribution in [2.45, 2.75) is 66.3 Å². The lowest BCUT2D eigenvalue weighted by molar-refractivity contribution is 0.196. The first-order valence-electron chi connectivity index (χ1n) is 7.25. The molecule has 0 aromatic carbocycles. The summed E-state index contributed by atoms with van der Waals surface area (Å²) in [6.07, 6.45) is 5.71. The largest absolute Gasteiger partial charge is 0.313 e. The van der Waals surface area contributed by atoms with Crippen LogP contribution in [0.2, 0.25) is 0 Å². The molecular weight excluding hydrogens is 194 g/mol. The van der Waals surface area contributed by atoms with Crippen LogP contribution in [-0.4, -0.2) is 12.6 Å². The fourth-order valence-electron chi connectivity index (χ4n) is 2.78. The van der Waals surface area contributed by atoms with Gasteiger partial charge in [0.1, 0.15) is 0 Å². The molecule has 3 unspecified atom stereocenters. The minimum absolute atomic E-state index is 0.787. The molecule has 0 radical (unpaired) electrons. The summed E-state index contributed by atoms with van der Waals surface area (Å²) in [5.74, 6) is 3.35. The van der Waals surface area contributed by atoms with Gasteiger partial charge in [0.15, 0.2) is 0 Å². The zero-order valence-corrected chi connectivity index (χ0v) is 11.9. The smallest absolute Gasteiger partial charge is 0.00978 e. The zero-order chi connectivity index (χ0) is 12.1. The van der Waals surface area contributed by atoms with Gasteiger partial charge in [-0.15, -0.1) is 0 Å². The summed E-state index contributed by atoms with van der Waals surface area (Å²) in [6.45, 7) is 13.0. The average Bonchev–Trinajstić information content (AvgIpc) is 2.25. The maximum atomic E-state index is 3.83. The van der Waals surface area contributed by atoms with Gasteiger partial charge in [-0.1, -0.05) is 47.5 Å². The Morgan fingerprint density at radius 2 is 1.62 bits per heavy atom. The minimum atomic E-state index is 0.787. The van der Waals surface area contributed by atoms with E-state index in [-0.39, 0.29) is 0 Å². The molecule has 0 aromatic rings. The third-order valence-corrected chi connectivity index (χ3v) is 4.52. The van der Waals surface area contributed by atoms with Gasteiger partial charge in [0.25, 0.3) is 0 Å². The van der Waals surface area contributed by atoms with Gasteiger partial charge in [0.05, 0.1) is 0 Å². The molecule has 16 heavy (non-hydrogen) atoms. The quantitative estimate of drug-likeness (QED) is 0.743. The molecule has 0 amide bonds. The van der Waals surface area contributed by atoms with Crippen LogP contribution in [-0.2, 0) is 0 Å². The molecular formula is C15H31N. The summed E-state index contributed by atoms with van der Waals surface area (Å²) in [5.41, 5.74) is 0. The first-order valence-corrected chi connectivity index (χ1v) is 7.25. The highest BCUT2D eigenvalue weighted by molar-refractivity contribution is 4.83. The monoisotopic (exact) mass is 225 g/mol. The molecule has 1 aliphatic rings. The van der Waals surface area contributed by atoms with E-state index < -0.39 is 0 Å². The topological polar surface area (TPSA) is 12.0 Å². The summed E-state index contributed by atoms with van der Waals surface area (Å²) in [4.78, 5) is 0. The van der Waals surface area contributed by atoms with E-state index in [2.05, 4.69) is 39.9 Å². The van der Waals surface area contributed by atoms with Crippen molar-refractivity contribution < 1.29 is 0 Å². The van der Waals surface area contributed by atoms with E-state index in [1.807, 2.05) is 0 Å². The van der Waals surface area contributed by atoms with Crippen LogP contribution in [0.3, 0.4) is 0 Å². The highest BCUT2D eigenvalue weighted by Crippen LogP contribution is 2.30. The van der Waals surface area contributed by atoms with Gasteiger partial charge < -0.3 is 5.32 Å². The van der Waals surface area contributed by atoms with E-state index in [1.165, 1.54) is 32.2 Å². The Labute approximate surface area is 102 Å². The van der Waals surface area contributed by atoms with Crippen LogP contribution in [0.1, 0.15) is 60.3 Å². The maximum absolute atomic E-state index is 3.83. The molecule has 0 bridgehead atoms. The van der Waals surface area contributed by atoms with E-state index in [1.54, 1.807) is 0 Å². The molecule has 3 atom stereocenters. The number of hydrogen-bond acceptors (Lipinski definition) is 1. The summed E-state index contributed by atoms with van der Waals surface area (Å²) in [5, 5.41) is 3.83. The van der Waals surface area contributed by atoms with E-state index in [0.717, 1.165) is 29.7 Å². The van der Waals surface area contributed by atoms with Crippen LogP contribution in [0.25, 0.3) is 0 Å². The minimum Gasteiger partial charge on any atom is -0.313 e. The lowest BCUT2D eigenvalue weighted by Crippen LogP contribution is -2.43. The summed E-state index contributed by atoms with van der Waals surface area (Å²) < 4.78 is 0. The third-order valence-electron chi connectivity index (χ3n) is 4.52. The van der Waals surface area contributed by atoms with Gasteiger partial charge in [0.2, 0.25) is 0 Å². The van der Waals surface area contributed by atoms with Crippen LogP contribution < -0.4 is 5.32 Å². The van der Waals surface area contributed by atoms with E-state index >= 15 is 0 Å². The van der Waals surface area contributed by atoms with E-state index in [0.29, 0.717) is 0 Å². The number of hydrogen-bond donors (Lipinski definition) is 1. The highest BCUT2D eigenvalue weighted by Gasteiger charge is 2.27. The molecule has 0 spiro atoms. The fourth-order valence-corrected chi connectivity index (χ4v) is 2.78. The molecule has 1 fully saturated rings. The van der Waals surface area contributed by atoms with Crippen molar-refractivity contribution in [3.63, 3.8) is 0 Å². The molecule has 1 heteroatoms. The second kappa shape index (κ2) is 6.64. The Kier molecular flexibility index (Phi) is 5.82. The SMILES string of the molecule is CC(C)C(C)CNC1CCCCC1C(C)C. The van der Waals surface area contributed by atoms with Crippen molar-refractivity contribution >= 4 is 0 Å². The average molecular weight is 225 g/mol. The second-order valence-corrected chi connectivity index (χ2v) is 6.43. The van der Waals surface area contributed by atoms with Crippen LogP contribution in [0.15, 0.2) is 0 Å². The normalized spacial score (nSPS) is 28.7. The van der Waals surface area contributed by atoms with Crippen molar-refractivity contribution in [1.82, 2.24) is 5.32 Å². The van der Waals surface area contributed by atoms with Gasteiger partial charge in [-0.2, -0.15) is 0 Å². The summed E-state index contributed by atoms with van der Waals surface area (Å²) in [6, 6.07) is 0.787. The molecule has 0 aliphatic heterocycles. The van der Waals surface area contributed by atoms with Crippen LogP contribution in [0.5, 0.6) is 0 Å². The highest BCUT2D eigenvalue weighted by atomic mass is 14.9. The standard InChI is InChI=1S/C15H31N/c1-11(2)13(5)10-16-15-9-7-6-8-14(15)12(3)4/h11-16H,6-10H2,1-5H3. The Morgan fingerprint density at radius 1 is 1.00 bits per heavy atom. The van der Waals surface area contributed by atoms with Crippen molar-refractivity contribution in [1.29, 1.82) is 0 Å². The second-order valence-electron chi connectivity index (χ2n) is 6.43. The van der Waals surface area contributed by atoms with Gasteiger partial charge in [-0.3, -0.25) is 0 Å². The molecule has 0 heterocycles. The summed E-state index contributed by atoms with van der Waals surface area (Å²) >= 11 is 0. The van der Waals surface area contributed by atoms with Crippen molar-refractivity contribution in [2.24, 2.45) is 23.7 Å². The molecule has 1 saturated carbocycles. The molecule has 1 rings (SSSR count). The number of nitrogens with one attached hydrogen (secondary N) is 1. The Hall–Kier alpha value is -0.0400. The molecule has 96 valence electrons. The Balaban J connectivity index is 2.38. The van der Waals surface area contributed by atoms with Crippen molar-refractivity contribution in [2.75, 3.05) is 6.54 Å². The van der Waals surface area contributed by atoms with Crippen molar-refractivity contribution in [3.8, 4) is 0 Å². The van der Waals surface area contributed by atoms with Gasteiger partial charge >= 0.3 is 0 Å². The molecule has 0 aromatic heterocycles. The lowest BCUT2D eigenvalue weighted by atomic mass is 9.77. The third kappa shape index (κ3) is 4.08. The fraction of sp³-hybridized carbons (Fsp3) is 1.00.